The third-order valence-electron chi connectivity index (χ3n) is 5.03. The van der Waals surface area contributed by atoms with Crippen LogP contribution in [0.4, 0.5) is 0 Å². The minimum absolute atomic E-state index is 0.266. The number of halogens is 1. The summed E-state index contributed by atoms with van der Waals surface area (Å²) in [6.45, 7) is 0.461. The maximum atomic E-state index is 12.1. The minimum Gasteiger partial charge on any atom is -0.369 e. The summed E-state index contributed by atoms with van der Waals surface area (Å²) >= 11 is 6.06. The summed E-state index contributed by atoms with van der Waals surface area (Å²) in [5.41, 5.74) is 0.531. The lowest BCUT2D eigenvalue weighted by Crippen LogP contribution is -2.37. The number of aromatic nitrogens is 3. The SMILES string of the molecule is COC(O)c1nn(-c2cccc(C#C[C@]3(O)CCN(C)C3=O)c2)c2cc(Cl)ncc12. The molecule has 0 saturated carbocycles. The molecule has 3 heterocycles. The largest absolute Gasteiger partial charge is 0.369 e. The monoisotopic (exact) mass is 426 g/mol. The Morgan fingerprint density at radius 1 is 1.37 bits per heavy atom. The van der Waals surface area contributed by atoms with Crippen molar-refractivity contribution >= 4 is 28.4 Å². The third kappa shape index (κ3) is 3.53. The van der Waals surface area contributed by atoms with Crippen LogP contribution < -0.4 is 0 Å². The van der Waals surface area contributed by atoms with Crippen LogP contribution in [0.1, 0.15) is 24.0 Å². The number of ether oxygens (including phenoxy) is 1. The number of carbonyl (C=O) groups is 1. The van der Waals surface area contributed by atoms with E-state index in [1.807, 2.05) is 6.07 Å². The van der Waals surface area contributed by atoms with E-state index in [1.54, 1.807) is 36.0 Å². The topological polar surface area (TPSA) is 101 Å². The van der Waals surface area contributed by atoms with Gasteiger partial charge in [-0.2, -0.15) is 5.10 Å². The molecule has 0 radical (unpaired) electrons. The van der Waals surface area contributed by atoms with Gasteiger partial charge in [0.25, 0.3) is 5.91 Å². The number of methoxy groups -OCH3 is 1. The molecular formula is C21H19ClN4O4. The predicted molar refractivity (Wildman–Crippen MR) is 110 cm³/mol. The first-order valence-corrected chi connectivity index (χ1v) is 9.57. The van der Waals surface area contributed by atoms with E-state index >= 15 is 0 Å². The summed E-state index contributed by atoms with van der Waals surface area (Å²) in [6.07, 6.45) is 0.571. The molecule has 1 amide bonds. The highest BCUT2D eigenvalue weighted by atomic mass is 35.5. The number of benzene rings is 1. The van der Waals surface area contributed by atoms with Gasteiger partial charge >= 0.3 is 0 Å². The van der Waals surface area contributed by atoms with Crippen LogP contribution in [-0.4, -0.2) is 62.1 Å². The summed E-state index contributed by atoms with van der Waals surface area (Å²) in [5.74, 6) is 5.19. The second-order valence-corrected chi connectivity index (χ2v) is 7.43. The second kappa shape index (κ2) is 7.70. The summed E-state index contributed by atoms with van der Waals surface area (Å²) < 4.78 is 6.61. The van der Waals surface area contributed by atoms with Crippen LogP contribution in [0.3, 0.4) is 0 Å². The Balaban J connectivity index is 1.77. The van der Waals surface area contributed by atoms with Crippen molar-refractivity contribution in [1.82, 2.24) is 19.7 Å². The normalized spacial score (nSPS) is 19.8. The van der Waals surface area contributed by atoms with Gasteiger partial charge in [0.05, 0.1) is 11.2 Å². The fourth-order valence-electron chi connectivity index (χ4n) is 3.36. The number of nitrogens with zero attached hydrogens (tertiary/aromatic N) is 4. The number of aliphatic hydroxyl groups is 2. The van der Waals surface area contributed by atoms with E-state index in [1.165, 1.54) is 18.2 Å². The zero-order chi connectivity index (χ0) is 21.5. The molecule has 0 aliphatic carbocycles. The number of likely N-dealkylation sites (tertiary alicyclic amines) is 1. The first-order chi connectivity index (χ1) is 14.3. The van der Waals surface area contributed by atoms with E-state index < -0.39 is 17.8 Å². The van der Waals surface area contributed by atoms with E-state index in [9.17, 15) is 15.0 Å². The zero-order valence-electron chi connectivity index (χ0n) is 16.3. The maximum absolute atomic E-state index is 12.1. The number of fused-ring (bicyclic) bond motifs is 1. The lowest BCUT2D eigenvalue weighted by Gasteiger charge is -2.13. The van der Waals surface area contributed by atoms with Crippen LogP contribution in [0, 0.1) is 11.8 Å². The molecule has 4 rings (SSSR count). The van der Waals surface area contributed by atoms with E-state index in [-0.39, 0.29) is 11.6 Å². The molecule has 0 bridgehead atoms. The van der Waals surface area contributed by atoms with Crippen molar-refractivity contribution in [3.05, 3.63) is 52.9 Å². The molecule has 9 heteroatoms. The van der Waals surface area contributed by atoms with E-state index in [0.717, 1.165) is 0 Å². The fraction of sp³-hybridized carbons (Fsp3) is 0.286. The van der Waals surface area contributed by atoms with Crippen LogP contribution in [-0.2, 0) is 9.53 Å². The van der Waals surface area contributed by atoms with Gasteiger partial charge in [0.2, 0.25) is 11.9 Å². The minimum atomic E-state index is -1.67. The van der Waals surface area contributed by atoms with E-state index in [0.29, 0.717) is 34.4 Å². The Hall–Kier alpha value is -2.96. The number of pyridine rings is 1. The number of amides is 1. The maximum Gasteiger partial charge on any atom is 0.267 e. The van der Waals surface area contributed by atoms with Crippen molar-refractivity contribution in [2.45, 2.75) is 18.3 Å². The fourth-order valence-corrected chi connectivity index (χ4v) is 3.51. The predicted octanol–water partition coefficient (Wildman–Crippen LogP) is 1.66. The van der Waals surface area contributed by atoms with Crippen molar-refractivity contribution in [1.29, 1.82) is 0 Å². The molecule has 2 atom stereocenters. The molecule has 154 valence electrons. The van der Waals surface area contributed by atoms with E-state index in [2.05, 4.69) is 21.9 Å². The van der Waals surface area contributed by atoms with Crippen LogP contribution in [0.5, 0.6) is 0 Å². The summed E-state index contributed by atoms with van der Waals surface area (Å²) in [5, 5.41) is 26.0. The molecule has 1 aliphatic heterocycles. The van der Waals surface area contributed by atoms with Crippen molar-refractivity contribution in [3.63, 3.8) is 0 Å². The average molecular weight is 427 g/mol. The average Bonchev–Trinajstić information content (AvgIpc) is 3.25. The van der Waals surface area contributed by atoms with Crippen molar-refractivity contribution in [2.24, 2.45) is 0 Å². The number of aliphatic hydroxyl groups excluding tert-OH is 1. The summed E-state index contributed by atoms with van der Waals surface area (Å²) in [4.78, 5) is 17.6. The van der Waals surface area contributed by atoms with Gasteiger partial charge in [-0.15, -0.1) is 0 Å². The third-order valence-corrected chi connectivity index (χ3v) is 5.24. The van der Waals surface area contributed by atoms with Crippen LogP contribution >= 0.6 is 11.6 Å². The molecule has 3 aromatic rings. The molecule has 1 aromatic carbocycles. The molecule has 1 unspecified atom stereocenters. The molecule has 0 spiro atoms. The molecule has 8 nitrogen and oxygen atoms in total. The van der Waals surface area contributed by atoms with Gasteiger partial charge in [-0.25, -0.2) is 9.67 Å². The van der Waals surface area contributed by atoms with Gasteiger partial charge in [-0.1, -0.05) is 29.5 Å². The first kappa shape index (κ1) is 20.3. The van der Waals surface area contributed by atoms with E-state index in [4.69, 9.17) is 16.3 Å². The number of rotatable bonds is 3. The highest BCUT2D eigenvalue weighted by Gasteiger charge is 2.42. The van der Waals surface area contributed by atoms with Crippen molar-refractivity contribution in [3.8, 4) is 17.5 Å². The molecule has 2 N–H and O–H groups in total. The Bertz CT molecular complexity index is 1200. The Morgan fingerprint density at radius 3 is 2.87 bits per heavy atom. The molecule has 1 fully saturated rings. The molecule has 1 aliphatic rings. The highest BCUT2D eigenvalue weighted by molar-refractivity contribution is 6.30. The van der Waals surface area contributed by atoms with Crippen molar-refractivity contribution < 1.29 is 19.7 Å². The zero-order valence-corrected chi connectivity index (χ0v) is 17.1. The molecular weight excluding hydrogens is 408 g/mol. The number of likely N-dealkylation sites (N-methyl/N-ethyl adjacent to an activating group) is 1. The number of carbonyl (C=O) groups excluding carboxylic acids is 1. The van der Waals surface area contributed by atoms with Gasteiger partial charge in [0.1, 0.15) is 10.8 Å². The van der Waals surface area contributed by atoms with Gasteiger partial charge in [0.15, 0.2) is 0 Å². The van der Waals surface area contributed by atoms with Gasteiger partial charge in [-0.3, -0.25) is 4.79 Å². The Kier molecular flexibility index (Phi) is 5.22. The van der Waals surface area contributed by atoms with Gasteiger partial charge < -0.3 is 19.8 Å². The van der Waals surface area contributed by atoms with Crippen LogP contribution in [0.2, 0.25) is 5.15 Å². The first-order valence-electron chi connectivity index (χ1n) is 9.19. The smallest absolute Gasteiger partial charge is 0.267 e. The lowest BCUT2D eigenvalue weighted by atomic mass is 10.0. The summed E-state index contributed by atoms with van der Waals surface area (Å²) in [6, 6.07) is 8.79. The molecule has 30 heavy (non-hydrogen) atoms. The summed E-state index contributed by atoms with van der Waals surface area (Å²) in [7, 11) is 3.01. The lowest BCUT2D eigenvalue weighted by molar-refractivity contribution is -0.137. The van der Waals surface area contributed by atoms with Gasteiger partial charge in [-0.05, 0) is 18.2 Å². The molecule has 1 saturated heterocycles. The van der Waals surface area contributed by atoms with Crippen molar-refractivity contribution in [2.75, 3.05) is 20.7 Å². The quantitative estimate of drug-likeness (QED) is 0.375. The van der Waals surface area contributed by atoms with Gasteiger partial charge in [0, 0.05) is 50.3 Å². The standard InChI is InChI=1S/C21H19ClN4O4/c1-25-9-8-21(29,20(25)28)7-6-13-4-3-5-14(10-13)26-16-11-17(22)23-12-15(16)18(24-26)19(27)30-2/h3-5,10-12,19,27,29H,8-9H2,1-2H3/t19?,21-/m0/s1. The number of hydrogen-bond donors (Lipinski definition) is 2. The Morgan fingerprint density at radius 2 is 2.17 bits per heavy atom. The second-order valence-electron chi connectivity index (χ2n) is 7.05. The van der Waals surface area contributed by atoms with Crippen LogP contribution in [0.15, 0.2) is 36.5 Å². The molecule has 2 aromatic heterocycles. The highest BCUT2D eigenvalue weighted by Crippen LogP contribution is 2.28. The Labute approximate surface area is 177 Å². The number of hydrogen-bond acceptors (Lipinski definition) is 6. The van der Waals surface area contributed by atoms with Crippen LogP contribution in [0.25, 0.3) is 16.6 Å².